The molecule has 0 fully saturated rings. The standard InChI is InChI=1S/C16H18ClNO2/c1-10(13-5-3-4-6-15(13)17)18-11(2)14-8-7-12(19)9-16(14)20/h3-11,18-20H,1-2H3/t10-,11?/m1/s1. The molecule has 0 aromatic heterocycles. The van der Waals surface area contributed by atoms with Gasteiger partial charge in [0, 0.05) is 28.7 Å². The van der Waals surface area contributed by atoms with Crippen LogP contribution in [0.5, 0.6) is 11.5 Å². The lowest BCUT2D eigenvalue weighted by atomic mass is 10.0. The van der Waals surface area contributed by atoms with Crippen LogP contribution in [-0.2, 0) is 0 Å². The van der Waals surface area contributed by atoms with E-state index in [0.29, 0.717) is 0 Å². The maximum absolute atomic E-state index is 9.87. The Morgan fingerprint density at radius 1 is 0.950 bits per heavy atom. The fourth-order valence-corrected chi connectivity index (χ4v) is 2.58. The van der Waals surface area contributed by atoms with Gasteiger partial charge in [0.15, 0.2) is 0 Å². The Bertz CT molecular complexity index is 601. The van der Waals surface area contributed by atoms with E-state index in [-0.39, 0.29) is 23.6 Å². The Morgan fingerprint density at radius 3 is 2.25 bits per heavy atom. The van der Waals surface area contributed by atoms with Crippen LogP contribution < -0.4 is 5.32 Å². The third kappa shape index (κ3) is 3.24. The van der Waals surface area contributed by atoms with Gasteiger partial charge in [-0.1, -0.05) is 35.9 Å². The zero-order valence-corrected chi connectivity index (χ0v) is 12.2. The van der Waals surface area contributed by atoms with Gasteiger partial charge >= 0.3 is 0 Å². The molecule has 2 atom stereocenters. The molecule has 0 aliphatic rings. The summed E-state index contributed by atoms with van der Waals surface area (Å²) >= 11 is 6.18. The summed E-state index contributed by atoms with van der Waals surface area (Å²) in [6.07, 6.45) is 0. The van der Waals surface area contributed by atoms with Crippen LogP contribution in [0.4, 0.5) is 0 Å². The van der Waals surface area contributed by atoms with E-state index >= 15 is 0 Å². The Hall–Kier alpha value is -1.71. The number of hydrogen-bond donors (Lipinski definition) is 3. The van der Waals surface area contributed by atoms with Crippen molar-refractivity contribution in [1.82, 2.24) is 5.32 Å². The molecule has 0 bridgehead atoms. The van der Waals surface area contributed by atoms with Gasteiger partial charge in [0.1, 0.15) is 11.5 Å². The van der Waals surface area contributed by atoms with Crippen LogP contribution >= 0.6 is 11.6 Å². The predicted molar refractivity (Wildman–Crippen MR) is 81.2 cm³/mol. The summed E-state index contributed by atoms with van der Waals surface area (Å²) in [5, 5.41) is 23.3. The Balaban J connectivity index is 2.15. The molecule has 3 N–H and O–H groups in total. The van der Waals surface area contributed by atoms with Crippen molar-refractivity contribution in [2.45, 2.75) is 25.9 Å². The van der Waals surface area contributed by atoms with E-state index in [1.54, 1.807) is 12.1 Å². The number of nitrogens with one attached hydrogen (secondary N) is 1. The second kappa shape index (κ2) is 6.16. The van der Waals surface area contributed by atoms with Gasteiger partial charge in [-0.15, -0.1) is 0 Å². The lowest BCUT2D eigenvalue weighted by Gasteiger charge is -2.22. The second-order valence-corrected chi connectivity index (χ2v) is 5.28. The molecule has 0 aliphatic heterocycles. The van der Waals surface area contributed by atoms with Gasteiger partial charge in [-0.25, -0.2) is 0 Å². The number of hydrogen-bond acceptors (Lipinski definition) is 3. The van der Waals surface area contributed by atoms with Crippen LogP contribution in [0.25, 0.3) is 0 Å². The van der Waals surface area contributed by atoms with E-state index in [0.717, 1.165) is 16.1 Å². The Labute approximate surface area is 123 Å². The number of phenols is 2. The summed E-state index contributed by atoms with van der Waals surface area (Å²) in [6.45, 7) is 3.98. The lowest BCUT2D eigenvalue weighted by molar-refractivity contribution is 0.427. The molecule has 2 rings (SSSR count). The van der Waals surface area contributed by atoms with Gasteiger partial charge in [-0.3, -0.25) is 0 Å². The summed E-state index contributed by atoms with van der Waals surface area (Å²) in [7, 11) is 0. The van der Waals surface area contributed by atoms with Gasteiger partial charge in [0.05, 0.1) is 0 Å². The molecule has 106 valence electrons. The zero-order valence-electron chi connectivity index (χ0n) is 11.5. The molecule has 0 spiro atoms. The normalized spacial score (nSPS) is 13.9. The molecule has 0 radical (unpaired) electrons. The second-order valence-electron chi connectivity index (χ2n) is 4.87. The van der Waals surface area contributed by atoms with E-state index in [2.05, 4.69) is 5.32 Å². The highest BCUT2D eigenvalue weighted by Gasteiger charge is 2.15. The first-order chi connectivity index (χ1) is 9.49. The van der Waals surface area contributed by atoms with Crippen molar-refractivity contribution >= 4 is 11.6 Å². The maximum atomic E-state index is 9.87. The van der Waals surface area contributed by atoms with E-state index in [9.17, 15) is 10.2 Å². The number of benzene rings is 2. The van der Waals surface area contributed by atoms with Crippen LogP contribution in [0.2, 0.25) is 5.02 Å². The third-order valence-electron chi connectivity index (χ3n) is 3.35. The quantitative estimate of drug-likeness (QED) is 0.793. The minimum absolute atomic E-state index is 0.0481. The molecule has 4 heteroatoms. The lowest BCUT2D eigenvalue weighted by Crippen LogP contribution is -2.22. The van der Waals surface area contributed by atoms with E-state index in [4.69, 9.17) is 11.6 Å². The minimum Gasteiger partial charge on any atom is -0.508 e. The molecule has 0 saturated carbocycles. The van der Waals surface area contributed by atoms with Crippen LogP contribution in [0.3, 0.4) is 0 Å². The molecule has 0 saturated heterocycles. The van der Waals surface area contributed by atoms with Crippen molar-refractivity contribution in [3.8, 4) is 11.5 Å². The van der Waals surface area contributed by atoms with Crippen molar-refractivity contribution in [1.29, 1.82) is 0 Å². The largest absolute Gasteiger partial charge is 0.508 e. The third-order valence-corrected chi connectivity index (χ3v) is 3.70. The first-order valence-corrected chi connectivity index (χ1v) is 6.89. The first kappa shape index (κ1) is 14.7. The Morgan fingerprint density at radius 2 is 1.60 bits per heavy atom. The van der Waals surface area contributed by atoms with Gasteiger partial charge in [0.25, 0.3) is 0 Å². The van der Waals surface area contributed by atoms with Crippen molar-refractivity contribution in [3.63, 3.8) is 0 Å². The van der Waals surface area contributed by atoms with Crippen LogP contribution in [0.15, 0.2) is 42.5 Å². The van der Waals surface area contributed by atoms with Crippen molar-refractivity contribution in [2.75, 3.05) is 0 Å². The summed E-state index contributed by atoms with van der Waals surface area (Å²) in [5.41, 5.74) is 1.75. The fourth-order valence-electron chi connectivity index (χ4n) is 2.28. The number of aromatic hydroxyl groups is 2. The topological polar surface area (TPSA) is 52.5 Å². The minimum atomic E-state index is -0.0677. The van der Waals surface area contributed by atoms with E-state index in [1.807, 2.05) is 38.1 Å². The molecule has 2 aromatic carbocycles. The van der Waals surface area contributed by atoms with Crippen LogP contribution in [-0.4, -0.2) is 10.2 Å². The van der Waals surface area contributed by atoms with Crippen molar-refractivity contribution in [2.24, 2.45) is 0 Å². The zero-order chi connectivity index (χ0) is 14.7. The number of rotatable bonds is 4. The molecule has 3 nitrogen and oxygen atoms in total. The molecule has 2 aromatic rings. The van der Waals surface area contributed by atoms with Gasteiger partial charge < -0.3 is 15.5 Å². The summed E-state index contributed by atoms with van der Waals surface area (Å²) in [6, 6.07) is 12.3. The molecular formula is C16H18ClNO2. The summed E-state index contributed by atoms with van der Waals surface area (Å²) in [4.78, 5) is 0. The predicted octanol–water partition coefficient (Wildman–Crippen LogP) is 4.16. The molecule has 0 heterocycles. The van der Waals surface area contributed by atoms with Crippen LogP contribution in [0.1, 0.15) is 37.1 Å². The highest BCUT2D eigenvalue weighted by atomic mass is 35.5. The van der Waals surface area contributed by atoms with Gasteiger partial charge in [-0.05, 0) is 31.5 Å². The summed E-state index contributed by atoms with van der Waals surface area (Å²) in [5.74, 6) is 0.133. The number of halogens is 1. The van der Waals surface area contributed by atoms with E-state index < -0.39 is 0 Å². The highest BCUT2D eigenvalue weighted by Crippen LogP contribution is 2.30. The van der Waals surface area contributed by atoms with Crippen LogP contribution in [0, 0.1) is 0 Å². The first-order valence-electron chi connectivity index (χ1n) is 6.51. The SMILES string of the molecule is CC(N[C@H](C)c1ccccc1Cl)c1ccc(O)cc1O. The maximum Gasteiger partial charge on any atom is 0.124 e. The van der Waals surface area contributed by atoms with Crippen molar-refractivity contribution in [3.05, 3.63) is 58.6 Å². The number of phenolic OH excluding ortho intramolecular Hbond substituents is 2. The monoisotopic (exact) mass is 291 g/mol. The smallest absolute Gasteiger partial charge is 0.124 e. The molecular weight excluding hydrogens is 274 g/mol. The molecule has 0 aliphatic carbocycles. The average Bonchev–Trinajstić information content (AvgIpc) is 2.38. The highest BCUT2D eigenvalue weighted by molar-refractivity contribution is 6.31. The molecule has 1 unspecified atom stereocenters. The average molecular weight is 292 g/mol. The Kier molecular flexibility index (Phi) is 4.53. The molecule has 20 heavy (non-hydrogen) atoms. The summed E-state index contributed by atoms with van der Waals surface area (Å²) < 4.78 is 0. The van der Waals surface area contributed by atoms with E-state index in [1.165, 1.54) is 6.07 Å². The van der Waals surface area contributed by atoms with Gasteiger partial charge in [-0.2, -0.15) is 0 Å². The van der Waals surface area contributed by atoms with Crippen molar-refractivity contribution < 1.29 is 10.2 Å². The molecule has 0 amide bonds. The fraction of sp³-hybridized carbons (Fsp3) is 0.250. The van der Waals surface area contributed by atoms with Gasteiger partial charge in [0.2, 0.25) is 0 Å².